The van der Waals surface area contributed by atoms with E-state index in [0.717, 1.165) is 60.2 Å². The van der Waals surface area contributed by atoms with E-state index in [0.29, 0.717) is 11.7 Å². The minimum absolute atomic E-state index is 0.277. The van der Waals surface area contributed by atoms with E-state index in [9.17, 15) is 0 Å². The molecule has 0 spiro atoms. The van der Waals surface area contributed by atoms with Crippen molar-refractivity contribution in [2.24, 2.45) is 20.0 Å². The highest BCUT2D eigenvalue weighted by Crippen LogP contribution is 2.39. The Hall–Kier alpha value is -5.46. The van der Waals surface area contributed by atoms with E-state index in [1.165, 1.54) is 16.2 Å². The zero-order valence-electron chi connectivity index (χ0n) is 22.3. The van der Waals surface area contributed by atoms with Crippen molar-refractivity contribution >= 4 is 54.8 Å². The van der Waals surface area contributed by atoms with Gasteiger partial charge in [0.25, 0.3) is 0 Å². The maximum Gasteiger partial charge on any atom is 0.164 e. The Morgan fingerprint density at radius 3 is 1.52 bits per heavy atom. The summed E-state index contributed by atoms with van der Waals surface area (Å²) in [6.45, 7) is 0. The van der Waals surface area contributed by atoms with Gasteiger partial charge in [0, 0.05) is 21.9 Å². The summed E-state index contributed by atoms with van der Waals surface area (Å²) in [6, 6.07) is 38.6. The predicted octanol–water partition coefficient (Wildman–Crippen LogP) is 6.39. The molecule has 3 aliphatic rings. The number of aliphatic imine (C=N–C) groups is 2. The Labute approximate surface area is 239 Å². The lowest BCUT2D eigenvalue weighted by molar-refractivity contribution is 0.514. The smallest absolute Gasteiger partial charge is 0.164 e. The normalized spacial score (nSPS) is 20.6. The van der Waals surface area contributed by atoms with Gasteiger partial charge in [0.05, 0.1) is 0 Å². The van der Waals surface area contributed by atoms with Crippen LogP contribution in [0.5, 0.6) is 0 Å². The number of aromatic nitrogens is 1. The van der Waals surface area contributed by atoms with Crippen molar-refractivity contribution in [3.63, 3.8) is 0 Å². The SMILES string of the molecule is c1ccc2cc3c(cc2c1)C1=N/C3=N\C2NC(/N=c3\[nH]c(c4cc5ccccc5cc34)=N1)c1cc3ccccc3cc12. The van der Waals surface area contributed by atoms with E-state index < -0.39 is 0 Å². The average molecular weight is 539 g/mol. The Morgan fingerprint density at radius 1 is 0.452 bits per heavy atom. The van der Waals surface area contributed by atoms with Crippen molar-refractivity contribution in [1.29, 1.82) is 0 Å². The number of nitrogens with zero attached hydrogens (tertiary/aromatic N) is 4. The first kappa shape index (κ1) is 22.3. The average Bonchev–Trinajstić information content (AvgIpc) is 3.65. The second-order valence-electron chi connectivity index (χ2n) is 11.2. The van der Waals surface area contributed by atoms with E-state index in [1.54, 1.807) is 0 Å². The van der Waals surface area contributed by atoms with Crippen LogP contribution in [-0.2, 0) is 0 Å². The van der Waals surface area contributed by atoms with Crippen molar-refractivity contribution in [2.45, 2.75) is 12.3 Å². The fourth-order valence-corrected chi connectivity index (χ4v) is 6.73. The summed E-state index contributed by atoms with van der Waals surface area (Å²) in [5, 5.41) is 12.8. The molecule has 3 aliphatic heterocycles. The quantitative estimate of drug-likeness (QED) is 0.231. The Balaban J connectivity index is 1.34. The van der Waals surface area contributed by atoms with Crippen LogP contribution in [0.2, 0.25) is 0 Å². The number of rotatable bonds is 0. The third-order valence-electron chi connectivity index (χ3n) is 8.80. The van der Waals surface area contributed by atoms with Crippen LogP contribution in [0.3, 0.4) is 0 Å². The van der Waals surface area contributed by atoms with Crippen LogP contribution in [0.1, 0.15) is 34.6 Å². The third kappa shape index (κ3) is 3.12. The first-order valence-electron chi connectivity index (χ1n) is 14.2. The lowest BCUT2D eigenvalue weighted by Crippen LogP contribution is -2.20. The van der Waals surface area contributed by atoms with Gasteiger partial charge in [-0.3, -0.25) is 5.32 Å². The van der Waals surface area contributed by atoms with Crippen LogP contribution in [0.25, 0.3) is 43.1 Å². The maximum absolute atomic E-state index is 5.29. The summed E-state index contributed by atoms with van der Waals surface area (Å²) in [4.78, 5) is 24.4. The molecule has 0 radical (unpaired) electrons. The molecule has 2 N–H and O–H groups in total. The van der Waals surface area contributed by atoms with Crippen LogP contribution in [-0.4, -0.2) is 16.7 Å². The van der Waals surface area contributed by atoms with Crippen LogP contribution >= 0.6 is 0 Å². The summed E-state index contributed by atoms with van der Waals surface area (Å²) in [5.41, 5.74) is 5.79. The zero-order chi connectivity index (χ0) is 27.4. The molecule has 0 aliphatic carbocycles. The Morgan fingerprint density at radius 2 is 0.929 bits per heavy atom. The second-order valence-corrected chi connectivity index (χ2v) is 11.2. The van der Waals surface area contributed by atoms with Crippen LogP contribution < -0.4 is 16.3 Å². The summed E-state index contributed by atoms with van der Waals surface area (Å²) >= 11 is 0. The van der Waals surface area contributed by atoms with Gasteiger partial charge in [-0.2, -0.15) is 0 Å². The first-order chi connectivity index (χ1) is 20.7. The van der Waals surface area contributed by atoms with Gasteiger partial charge in [-0.05, 0) is 79.8 Å². The number of benzene rings is 6. The van der Waals surface area contributed by atoms with Gasteiger partial charge in [0.15, 0.2) is 11.7 Å². The van der Waals surface area contributed by atoms with Gasteiger partial charge < -0.3 is 4.98 Å². The molecule has 42 heavy (non-hydrogen) atoms. The highest BCUT2D eigenvalue weighted by atomic mass is 15.2. The van der Waals surface area contributed by atoms with Gasteiger partial charge in [-0.25, -0.2) is 20.0 Å². The monoisotopic (exact) mass is 538 g/mol. The van der Waals surface area contributed by atoms with Crippen molar-refractivity contribution in [3.05, 3.63) is 142 Å². The molecule has 2 atom stereocenters. The standard InChI is InChI=1S/C36H22N6/c1-2-8-20-14-26-25(13-19(20)7-1)31-37-32(26)41-34-29-17-23-11-5-6-12-24(23)18-30(29)36(39-34)42-35-28-16-22-10-4-3-9-21(22)15-27(28)33(38-35)40-31/h1-18,31-32,37H,(H,38,39,40,41,42). The van der Waals surface area contributed by atoms with Gasteiger partial charge in [0.2, 0.25) is 0 Å². The van der Waals surface area contributed by atoms with Crippen LogP contribution in [0.4, 0.5) is 0 Å². The number of H-pyrrole nitrogens is 1. The number of hydrogen-bond acceptors (Lipinski definition) is 5. The minimum Gasteiger partial charge on any atom is -0.324 e. The van der Waals surface area contributed by atoms with Gasteiger partial charge in [-0.15, -0.1) is 0 Å². The molecule has 6 heteroatoms. The van der Waals surface area contributed by atoms with E-state index in [2.05, 4.69) is 119 Å². The fraction of sp³-hybridized carbons (Fsp3) is 0.0556. The Kier molecular flexibility index (Phi) is 4.27. The summed E-state index contributed by atoms with van der Waals surface area (Å²) in [7, 11) is 0. The molecule has 10 rings (SSSR count). The number of aromatic amines is 1. The molecular weight excluding hydrogens is 516 g/mol. The molecule has 1 aromatic heterocycles. The van der Waals surface area contributed by atoms with Crippen molar-refractivity contribution < 1.29 is 0 Å². The molecule has 2 unspecified atom stereocenters. The largest absolute Gasteiger partial charge is 0.324 e. The molecule has 6 nitrogen and oxygen atoms in total. The molecule has 6 aromatic carbocycles. The highest BCUT2D eigenvalue weighted by molar-refractivity contribution is 6.24. The summed E-state index contributed by atoms with van der Waals surface area (Å²) in [5.74, 6) is 1.35. The first-order valence-corrected chi connectivity index (χ1v) is 14.2. The molecule has 0 saturated heterocycles. The molecule has 6 bridgehead atoms. The van der Waals surface area contributed by atoms with Gasteiger partial charge in [-0.1, -0.05) is 72.8 Å². The Bertz CT molecular complexity index is 2520. The third-order valence-corrected chi connectivity index (χ3v) is 8.80. The maximum atomic E-state index is 5.29. The van der Waals surface area contributed by atoms with E-state index in [4.69, 9.17) is 20.0 Å². The summed E-state index contributed by atoms with van der Waals surface area (Å²) in [6.07, 6.45) is -0.572. The number of nitrogens with one attached hydrogen (secondary N) is 2. The molecule has 196 valence electrons. The molecule has 0 saturated carbocycles. The van der Waals surface area contributed by atoms with Crippen LogP contribution in [0.15, 0.2) is 129 Å². The summed E-state index contributed by atoms with van der Waals surface area (Å²) < 4.78 is 0. The molecule has 0 amide bonds. The minimum atomic E-state index is -0.295. The van der Waals surface area contributed by atoms with E-state index in [-0.39, 0.29) is 12.3 Å². The van der Waals surface area contributed by atoms with Crippen molar-refractivity contribution in [1.82, 2.24) is 10.3 Å². The number of hydrogen-bond donors (Lipinski definition) is 2. The molecule has 4 heterocycles. The van der Waals surface area contributed by atoms with E-state index in [1.807, 2.05) is 0 Å². The van der Waals surface area contributed by atoms with E-state index >= 15 is 0 Å². The molecular formula is C36H22N6. The predicted molar refractivity (Wildman–Crippen MR) is 168 cm³/mol. The van der Waals surface area contributed by atoms with Crippen molar-refractivity contribution in [2.75, 3.05) is 0 Å². The molecule has 0 fully saturated rings. The lowest BCUT2D eigenvalue weighted by atomic mass is 10.00. The van der Waals surface area contributed by atoms with Gasteiger partial charge >= 0.3 is 0 Å². The molecule has 7 aromatic rings. The highest BCUT2D eigenvalue weighted by Gasteiger charge is 2.33. The lowest BCUT2D eigenvalue weighted by Gasteiger charge is -2.10. The fourth-order valence-electron chi connectivity index (χ4n) is 6.73. The topological polar surface area (TPSA) is 77.3 Å². The number of amidine groups is 2. The van der Waals surface area contributed by atoms with Gasteiger partial charge in [0.1, 0.15) is 23.3 Å². The zero-order valence-corrected chi connectivity index (χ0v) is 22.3. The van der Waals surface area contributed by atoms with Crippen molar-refractivity contribution in [3.8, 4) is 0 Å². The van der Waals surface area contributed by atoms with Crippen LogP contribution in [0, 0.1) is 0 Å². The number of fused-ring (bicyclic) bond motifs is 17. The second kappa shape index (κ2) is 8.06.